The Bertz CT molecular complexity index is 206. The lowest BCUT2D eigenvalue weighted by molar-refractivity contribution is -0.130. The van der Waals surface area contributed by atoms with Gasteiger partial charge in [0.05, 0.1) is 0 Å². The van der Waals surface area contributed by atoms with Crippen molar-refractivity contribution in [1.82, 2.24) is 10.2 Å². The molecule has 0 aromatic carbocycles. The van der Waals surface area contributed by atoms with E-state index in [4.69, 9.17) is 0 Å². The van der Waals surface area contributed by atoms with Crippen molar-refractivity contribution in [2.45, 2.75) is 24.4 Å². The van der Waals surface area contributed by atoms with Crippen LogP contribution in [0.3, 0.4) is 0 Å². The minimum atomic E-state index is -0.512. The number of carbonyl (C=O) groups excluding carboxylic acids is 1. The number of rotatable bonds is 1. The summed E-state index contributed by atoms with van der Waals surface area (Å²) in [5, 5.41) is 11.8. The molecule has 5 heteroatoms. The maximum Gasteiger partial charge on any atom is 0.250 e. The van der Waals surface area contributed by atoms with Crippen LogP contribution in [0.4, 0.5) is 0 Å². The third kappa shape index (κ3) is 1.98. The molecule has 2 rings (SSSR count). The van der Waals surface area contributed by atoms with Crippen LogP contribution in [0.15, 0.2) is 0 Å². The summed E-state index contributed by atoms with van der Waals surface area (Å²) in [6.45, 7) is 1.77. The van der Waals surface area contributed by atoms with Gasteiger partial charge in [0, 0.05) is 18.8 Å². The van der Waals surface area contributed by atoms with E-state index in [0.29, 0.717) is 5.75 Å². The molecule has 4 nitrogen and oxygen atoms in total. The molecule has 2 saturated heterocycles. The van der Waals surface area contributed by atoms with Crippen LogP contribution in [0.5, 0.6) is 0 Å². The van der Waals surface area contributed by atoms with Crippen molar-refractivity contribution >= 4 is 17.7 Å². The average Bonchev–Trinajstić information content (AvgIpc) is 2.72. The highest BCUT2D eigenvalue weighted by Crippen LogP contribution is 2.21. The summed E-state index contributed by atoms with van der Waals surface area (Å²) in [5.74, 6) is 0.753. The highest BCUT2D eigenvalue weighted by atomic mass is 32.2. The Kier molecular flexibility index (Phi) is 2.76. The van der Waals surface area contributed by atoms with Gasteiger partial charge in [0.15, 0.2) is 0 Å². The summed E-state index contributed by atoms with van der Waals surface area (Å²) in [6.07, 6.45) is 1.72. The number of aliphatic hydroxyl groups excluding tert-OH is 1. The zero-order chi connectivity index (χ0) is 9.26. The zero-order valence-corrected chi connectivity index (χ0v) is 8.22. The fourth-order valence-corrected chi connectivity index (χ4v) is 2.72. The van der Waals surface area contributed by atoms with Crippen LogP contribution in [0, 0.1) is 0 Å². The second kappa shape index (κ2) is 3.86. The van der Waals surface area contributed by atoms with E-state index in [9.17, 15) is 9.90 Å². The van der Waals surface area contributed by atoms with Gasteiger partial charge in [-0.05, 0) is 12.8 Å². The van der Waals surface area contributed by atoms with Crippen LogP contribution in [0.1, 0.15) is 12.8 Å². The monoisotopic (exact) mass is 202 g/mol. The third-order valence-electron chi connectivity index (χ3n) is 2.41. The number of hydrogen-bond acceptors (Lipinski definition) is 4. The first-order valence-electron chi connectivity index (χ1n) is 4.62. The van der Waals surface area contributed by atoms with Gasteiger partial charge >= 0.3 is 0 Å². The van der Waals surface area contributed by atoms with Crippen molar-refractivity contribution < 1.29 is 9.90 Å². The molecule has 2 N–H and O–H groups in total. The van der Waals surface area contributed by atoms with Crippen molar-refractivity contribution in [2.75, 3.05) is 18.8 Å². The number of likely N-dealkylation sites (tertiary alicyclic amines) is 1. The molecule has 0 bridgehead atoms. The van der Waals surface area contributed by atoms with Gasteiger partial charge in [-0.2, -0.15) is 0 Å². The van der Waals surface area contributed by atoms with Crippen molar-refractivity contribution in [3.8, 4) is 0 Å². The number of carbonyl (C=O) groups is 1. The number of hydrogen-bond donors (Lipinski definition) is 2. The van der Waals surface area contributed by atoms with Gasteiger partial charge < -0.3 is 10.0 Å². The van der Waals surface area contributed by atoms with Gasteiger partial charge in [-0.3, -0.25) is 10.1 Å². The van der Waals surface area contributed by atoms with E-state index >= 15 is 0 Å². The fraction of sp³-hybridized carbons (Fsp3) is 0.875. The highest BCUT2D eigenvalue weighted by Gasteiger charge is 2.32. The minimum absolute atomic E-state index is 0.138. The molecule has 2 atom stereocenters. The molecule has 2 fully saturated rings. The number of nitrogens with one attached hydrogen (secondary N) is 1. The van der Waals surface area contributed by atoms with E-state index < -0.39 is 6.23 Å². The van der Waals surface area contributed by atoms with E-state index in [-0.39, 0.29) is 11.3 Å². The summed E-state index contributed by atoms with van der Waals surface area (Å²) in [4.78, 5) is 13.6. The normalized spacial score (nSPS) is 34.1. The first-order chi connectivity index (χ1) is 6.27. The Morgan fingerprint density at radius 2 is 2.15 bits per heavy atom. The molecule has 0 spiro atoms. The quantitative estimate of drug-likeness (QED) is 0.607. The van der Waals surface area contributed by atoms with E-state index in [1.807, 2.05) is 4.90 Å². The lowest BCUT2D eigenvalue weighted by Crippen LogP contribution is -2.43. The summed E-state index contributed by atoms with van der Waals surface area (Å²) >= 11 is 1.49. The van der Waals surface area contributed by atoms with Crippen LogP contribution < -0.4 is 5.32 Å². The molecule has 2 aliphatic heterocycles. The predicted molar refractivity (Wildman–Crippen MR) is 51.2 cm³/mol. The molecule has 13 heavy (non-hydrogen) atoms. The molecule has 1 amide bonds. The summed E-state index contributed by atoms with van der Waals surface area (Å²) in [6, 6.07) is 0. The summed E-state index contributed by atoms with van der Waals surface area (Å²) in [5.41, 5.74) is 0. The molecule has 0 unspecified atom stereocenters. The lowest BCUT2D eigenvalue weighted by Gasteiger charge is -2.19. The minimum Gasteiger partial charge on any atom is -0.378 e. The fourth-order valence-electron chi connectivity index (χ4n) is 1.70. The molecule has 0 radical (unpaired) electrons. The predicted octanol–water partition coefficient (Wildman–Crippen LogP) is -0.410. The molecule has 2 heterocycles. The van der Waals surface area contributed by atoms with Crippen molar-refractivity contribution in [3.05, 3.63) is 0 Å². The molecule has 0 saturated carbocycles. The van der Waals surface area contributed by atoms with Gasteiger partial charge in [-0.15, -0.1) is 11.8 Å². The van der Waals surface area contributed by atoms with Crippen molar-refractivity contribution in [2.24, 2.45) is 0 Å². The van der Waals surface area contributed by atoms with Crippen LogP contribution in [-0.4, -0.2) is 46.4 Å². The molecule has 74 valence electrons. The van der Waals surface area contributed by atoms with Crippen LogP contribution in [-0.2, 0) is 4.79 Å². The number of aliphatic hydroxyl groups is 1. The van der Waals surface area contributed by atoms with E-state index in [0.717, 1.165) is 25.9 Å². The maximum absolute atomic E-state index is 11.7. The molecule has 0 aliphatic carbocycles. The molecular weight excluding hydrogens is 188 g/mol. The second-order valence-electron chi connectivity index (χ2n) is 3.43. The smallest absolute Gasteiger partial charge is 0.250 e. The highest BCUT2D eigenvalue weighted by molar-refractivity contribution is 8.00. The SMILES string of the molecule is O=C([C@H]1N[C@H](O)CS1)N1CCCC1. The van der Waals surface area contributed by atoms with Gasteiger partial charge in [0.25, 0.3) is 0 Å². The Morgan fingerprint density at radius 3 is 2.69 bits per heavy atom. The maximum atomic E-state index is 11.7. The lowest BCUT2D eigenvalue weighted by atomic mass is 10.4. The number of amides is 1. The third-order valence-corrected chi connectivity index (χ3v) is 3.59. The second-order valence-corrected chi connectivity index (χ2v) is 4.57. The molecular formula is C8H14N2O2S. The molecule has 0 aromatic rings. The molecule has 2 aliphatic rings. The summed E-state index contributed by atoms with van der Waals surface area (Å²) < 4.78 is 0. The van der Waals surface area contributed by atoms with Crippen LogP contribution in [0.25, 0.3) is 0 Å². The van der Waals surface area contributed by atoms with E-state index in [2.05, 4.69) is 5.32 Å². The Morgan fingerprint density at radius 1 is 1.46 bits per heavy atom. The largest absolute Gasteiger partial charge is 0.378 e. The number of nitrogens with zero attached hydrogens (tertiary/aromatic N) is 1. The topological polar surface area (TPSA) is 52.6 Å². The van der Waals surface area contributed by atoms with Gasteiger partial charge in [-0.25, -0.2) is 0 Å². The average molecular weight is 202 g/mol. The Labute approximate surface area is 81.7 Å². The van der Waals surface area contributed by atoms with Crippen molar-refractivity contribution in [3.63, 3.8) is 0 Å². The van der Waals surface area contributed by atoms with Gasteiger partial charge in [-0.1, -0.05) is 0 Å². The van der Waals surface area contributed by atoms with Gasteiger partial charge in [0.1, 0.15) is 11.6 Å². The summed E-state index contributed by atoms with van der Waals surface area (Å²) in [7, 11) is 0. The van der Waals surface area contributed by atoms with Crippen molar-refractivity contribution in [1.29, 1.82) is 0 Å². The zero-order valence-electron chi connectivity index (χ0n) is 7.40. The molecule has 0 aromatic heterocycles. The van der Waals surface area contributed by atoms with E-state index in [1.54, 1.807) is 0 Å². The Balaban J connectivity index is 1.89. The van der Waals surface area contributed by atoms with Crippen LogP contribution >= 0.6 is 11.8 Å². The standard InChI is InChI=1S/C8H14N2O2S/c11-6-5-13-7(9-6)8(12)10-3-1-2-4-10/h6-7,9,11H,1-5H2/t6-,7+/m1/s1. The van der Waals surface area contributed by atoms with Crippen LogP contribution in [0.2, 0.25) is 0 Å². The van der Waals surface area contributed by atoms with Gasteiger partial charge in [0.2, 0.25) is 5.91 Å². The van der Waals surface area contributed by atoms with E-state index in [1.165, 1.54) is 11.8 Å². The number of thioether (sulfide) groups is 1. The first-order valence-corrected chi connectivity index (χ1v) is 5.67. The first kappa shape index (κ1) is 9.30. The Hall–Kier alpha value is -0.260.